The third-order valence-corrected chi connectivity index (χ3v) is 4.73. The molecule has 2 rings (SSSR count). The number of rotatable bonds is 2. The van der Waals surface area contributed by atoms with E-state index in [0.29, 0.717) is 0 Å². The van der Waals surface area contributed by atoms with Crippen molar-refractivity contribution in [1.82, 2.24) is 0 Å². The van der Waals surface area contributed by atoms with E-state index in [0.717, 1.165) is 37.2 Å². The van der Waals surface area contributed by atoms with Crippen LogP contribution in [0.2, 0.25) is 5.02 Å². The number of aryl methyl sites for hydroxylation is 1. The van der Waals surface area contributed by atoms with Crippen LogP contribution in [-0.4, -0.2) is 25.8 Å². The standard InChI is InChI=1S/C14H12Cl.Pb/c1-2-11-3-5-12(6-4-11)13-7-9-14(15)10-8-13;/h3,5-10H,2H2,1H3;. The first kappa shape index (κ1) is 12.1. The summed E-state index contributed by atoms with van der Waals surface area (Å²) in [7, 11) is 0. The first-order chi connectivity index (χ1) is 7.70. The van der Waals surface area contributed by atoms with Crippen LogP contribution in [0.1, 0.15) is 12.5 Å². The van der Waals surface area contributed by atoms with Crippen LogP contribution in [0, 0.1) is 0 Å². The average molecular weight is 423 g/mol. The Bertz CT molecular complexity index is 489. The number of halogens is 1. The van der Waals surface area contributed by atoms with Crippen molar-refractivity contribution >= 4 is 40.5 Å². The summed E-state index contributed by atoms with van der Waals surface area (Å²) in [6, 6.07) is 14.8. The molecular weight excluding hydrogens is 411 g/mol. The van der Waals surface area contributed by atoms with Gasteiger partial charge in [0.25, 0.3) is 0 Å². The zero-order valence-electron chi connectivity index (χ0n) is 9.13. The van der Waals surface area contributed by atoms with Crippen molar-refractivity contribution < 1.29 is 0 Å². The molecule has 0 amide bonds. The van der Waals surface area contributed by atoms with Crippen LogP contribution in [0.15, 0.2) is 42.5 Å². The van der Waals surface area contributed by atoms with E-state index in [1.54, 1.807) is 0 Å². The molecular formula is C14H12ClPb. The van der Waals surface area contributed by atoms with Gasteiger partial charge in [0, 0.05) is 0 Å². The molecule has 2 aromatic rings. The molecule has 0 aliphatic heterocycles. The van der Waals surface area contributed by atoms with Gasteiger partial charge >= 0.3 is 118 Å². The molecule has 79 valence electrons. The summed E-state index contributed by atoms with van der Waals surface area (Å²) in [5, 5.41) is 0.792. The van der Waals surface area contributed by atoms with Crippen LogP contribution < -0.4 is 3.12 Å². The Kier molecular flexibility index (Phi) is 4.03. The van der Waals surface area contributed by atoms with Crippen LogP contribution in [0.4, 0.5) is 0 Å². The van der Waals surface area contributed by atoms with Gasteiger partial charge in [-0.15, -0.1) is 0 Å². The van der Waals surface area contributed by atoms with Crippen molar-refractivity contribution in [2.75, 3.05) is 0 Å². The molecule has 0 aromatic heterocycles. The molecule has 2 heteroatoms. The maximum atomic E-state index is 5.88. The first-order valence-corrected chi connectivity index (χ1v) is 7.63. The molecule has 3 radical (unpaired) electrons. The van der Waals surface area contributed by atoms with E-state index < -0.39 is 0 Å². The minimum atomic E-state index is 0.792. The van der Waals surface area contributed by atoms with E-state index in [9.17, 15) is 0 Å². The van der Waals surface area contributed by atoms with Crippen LogP contribution >= 0.6 is 11.6 Å². The van der Waals surface area contributed by atoms with E-state index >= 15 is 0 Å². The predicted octanol–water partition coefficient (Wildman–Crippen LogP) is 3.36. The van der Waals surface area contributed by atoms with Crippen molar-refractivity contribution in [3.8, 4) is 11.1 Å². The summed E-state index contributed by atoms with van der Waals surface area (Å²) in [6.07, 6.45) is 1.12. The first-order valence-electron chi connectivity index (χ1n) is 5.31. The summed E-state index contributed by atoms with van der Waals surface area (Å²) in [4.78, 5) is 0. The third-order valence-electron chi connectivity index (χ3n) is 2.67. The van der Waals surface area contributed by atoms with E-state index in [1.807, 2.05) is 12.1 Å². The van der Waals surface area contributed by atoms with Crippen LogP contribution in [0.3, 0.4) is 0 Å². The average Bonchev–Trinajstić information content (AvgIpc) is 2.30. The molecule has 0 N–H and O–H groups in total. The molecule has 0 aliphatic rings. The Labute approximate surface area is 117 Å². The summed E-state index contributed by atoms with van der Waals surface area (Å²) in [6.45, 7) is 2.21. The normalized spacial score (nSPS) is 10.4. The molecule has 2 aromatic carbocycles. The van der Waals surface area contributed by atoms with Gasteiger partial charge in [-0.25, -0.2) is 0 Å². The van der Waals surface area contributed by atoms with Crippen LogP contribution in [0.5, 0.6) is 0 Å². The third kappa shape index (κ3) is 2.66. The van der Waals surface area contributed by atoms with Gasteiger partial charge in [0.1, 0.15) is 0 Å². The van der Waals surface area contributed by atoms with Gasteiger partial charge in [-0.1, -0.05) is 0 Å². The Morgan fingerprint density at radius 2 is 1.62 bits per heavy atom. The molecule has 0 bridgehead atoms. The van der Waals surface area contributed by atoms with E-state index in [2.05, 4.69) is 37.3 Å². The van der Waals surface area contributed by atoms with Crippen molar-refractivity contribution in [3.05, 3.63) is 53.1 Å². The molecule has 16 heavy (non-hydrogen) atoms. The summed E-state index contributed by atoms with van der Waals surface area (Å²) >= 11 is 6.99. The van der Waals surface area contributed by atoms with Gasteiger partial charge in [0.2, 0.25) is 0 Å². The zero-order chi connectivity index (χ0) is 11.5. The Hall–Kier alpha value is -0.348. The number of benzene rings is 2. The van der Waals surface area contributed by atoms with Gasteiger partial charge in [-0.3, -0.25) is 0 Å². The van der Waals surface area contributed by atoms with Gasteiger partial charge < -0.3 is 0 Å². The van der Waals surface area contributed by atoms with Gasteiger partial charge in [-0.2, -0.15) is 0 Å². The Morgan fingerprint density at radius 1 is 1.00 bits per heavy atom. The van der Waals surface area contributed by atoms with E-state index in [4.69, 9.17) is 11.6 Å². The SMILES string of the molecule is CCc1ccc(-c2ccc(Cl)cc2)c[c]1[Pb]. The molecule has 0 fully saturated rings. The number of hydrogen-bond acceptors (Lipinski definition) is 0. The molecule has 0 saturated carbocycles. The monoisotopic (exact) mass is 423 g/mol. The van der Waals surface area contributed by atoms with E-state index in [1.165, 1.54) is 19.8 Å². The second kappa shape index (κ2) is 5.32. The fourth-order valence-corrected chi connectivity index (χ4v) is 3.45. The maximum absolute atomic E-state index is 5.88. The van der Waals surface area contributed by atoms with Crippen molar-refractivity contribution in [1.29, 1.82) is 0 Å². The van der Waals surface area contributed by atoms with Gasteiger partial charge in [-0.05, 0) is 0 Å². The molecule has 0 atom stereocenters. The molecule has 0 spiro atoms. The van der Waals surface area contributed by atoms with Crippen molar-refractivity contribution in [2.24, 2.45) is 0 Å². The van der Waals surface area contributed by atoms with Crippen LogP contribution in [-0.2, 0) is 6.42 Å². The van der Waals surface area contributed by atoms with Gasteiger partial charge in [0.05, 0.1) is 0 Å². The second-order valence-electron chi connectivity index (χ2n) is 3.73. The Balaban J connectivity index is 2.41. The van der Waals surface area contributed by atoms with Crippen LogP contribution in [0.25, 0.3) is 11.1 Å². The Morgan fingerprint density at radius 3 is 2.19 bits per heavy atom. The fraction of sp³-hybridized carbons (Fsp3) is 0.143. The summed E-state index contributed by atoms with van der Waals surface area (Å²) in [5.74, 6) is 0. The number of hydrogen-bond donors (Lipinski definition) is 0. The zero-order valence-corrected chi connectivity index (χ0v) is 13.8. The second-order valence-corrected chi connectivity index (χ2v) is 6.26. The van der Waals surface area contributed by atoms with Crippen molar-refractivity contribution in [3.63, 3.8) is 0 Å². The fourth-order valence-electron chi connectivity index (χ4n) is 1.71. The van der Waals surface area contributed by atoms with Gasteiger partial charge in [0.15, 0.2) is 0 Å². The molecule has 0 unspecified atom stereocenters. The predicted molar refractivity (Wildman–Crippen MR) is 71.7 cm³/mol. The molecule has 0 saturated heterocycles. The summed E-state index contributed by atoms with van der Waals surface area (Å²) < 4.78 is 1.50. The quantitative estimate of drug-likeness (QED) is 0.651. The molecule has 0 heterocycles. The summed E-state index contributed by atoms with van der Waals surface area (Å²) in [5.41, 5.74) is 4.01. The van der Waals surface area contributed by atoms with Crippen molar-refractivity contribution in [2.45, 2.75) is 13.3 Å². The molecule has 0 nitrogen and oxygen atoms in total. The van der Waals surface area contributed by atoms with E-state index in [-0.39, 0.29) is 0 Å². The molecule has 0 aliphatic carbocycles. The minimum absolute atomic E-state index is 0.792. The topological polar surface area (TPSA) is 0 Å².